The molecule has 0 spiro atoms. The number of benzene rings is 1. The first-order chi connectivity index (χ1) is 8.18. The second-order valence-electron chi connectivity index (χ2n) is 3.90. The Morgan fingerprint density at radius 3 is 2.65 bits per heavy atom. The van der Waals surface area contributed by atoms with Gasteiger partial charge in [0.05, 0.1) is 6.04 Å². The molecule has 6 heteroatoms. The Morgan fingerprint density at radius 1 is 1.24 bits per heavy atom. The van der Waals surface area contributed by atoms with Crippen molar-refractivity contribution in [2.45, 2.75) is 25.9 Å². The summed E-state index contributed by atoms with van der Waals surface area (Å²) in [7, 11) is 0. The second kappa shape index (κ2) is 5.37. The summed E-state index contributed by atoms with van der Waals surface area (Å²) in [6, 6.07) is 8.41. The van der Waals surface area contributed by atoms with Crippen molar-refractivity contribution in [2.24, 2.45) is 0 Å². The fourth-order valence-corrected chi connectivity index (χ4v) is 2.35. The van der Waals surface area contributed by atoms with Gasteiger partial charge in [-0.3, -0.25) is 0 Å². The van der Waals surface area contributed by atoms with Crippen LogP contribution in [-0.2, 0) is 0 Å². The van der Waals surface area contributed by atoms with E-state index < -0.39 is 0 Å². The van der Waals surface area contributed by atoms with Gasteiger partial charge in [-0.25, -0.2) is 0 Å². The third kappa shape index (κ3) is 2.89. The molecule has 2 aromatic rings. The summed E-state index contributed by atoms with van der Waals surface area (Å²) in [5, 5.41) is 17.4. The van der Waals surface area contributed by atoms with E-state index in [9.17, 15) is 0 Å². The lowest BCUT2D eigenvalue weighted by atomic mass is 10.1. The summed E-state index contributed by atoms with van der Waals surface area (Å²) in [5.74, 6) is 0.670. The highest BCUT2D eigenvalue weighted by molar-refractivity contribution is 9.10. The Hall–Kier alpha value is -1.27. The van der Waals surface area contributed by atoms with Crippen LogP contribution in [-0.4, -0.2) is 20.6 Å². The zero-order chi connectivity index (χ0) is 12.3. The average molecular weight is 296 g/mol. The topological polar surface area (TPSA) is 66.5 Å². The lowest BCUT2D eigenvalue weighted by Gasteiger charge is -2.19. The van der Waals surface area contributed by atoms with Gasteiger partial charge in [0, 0.05) is 10.5 Å². The van der Waals surface area contributed by atoms with E-state index in [0.29, 0.717) is 5.82 Å². The number of nitrogens with one attached hydrogen (secondary N) is 2. The maximum atomic E-state index is 3.96. The van der Waals surface area contributed by atoms with E-state index in [2.05, 4.69) is 54.9 Å². The van der Waals surface area contributed by atoms with Crippen molar-refractivity contribution in [1.29, 1.82) is 0 Å². The summed E-state index contributed by atoms with van der Waals surface area (Å²) in [4.78, 5) is 0. The van der Waals surface area contributed by atoms with Gasteiger partial charge in [-0.05, 0) is 25.5 Å². The van der Waals surface area contributed by atoms with E-state index in [4.69, 9.17) is 0 Å². The van der Waals surface area contributed by atoms with Crippen molar-refractivity contribution in [3.63, 3.8) is 0 Å². The standard InChI is InChI=1S/C11H14BrN5/c1-7(9-5-3-4-6-10(9)12)13-8(2)11-14-16-17-15-11/h3-8,13H,1-2H3,(H,14,15,16,17). The van der Waals surface area contributed by atoms with Crippen LogP contribution in [0.1, 0.15) is 37.3 Å². The highest BCUT2D eigenvalue weighted by atomic mass is 79.9. The van der Waals surface area contributed by atoms with E-state index in [1.807, 2.05) is 25.1 Å². The van der Waals surface area contributed by atoms with E-state index in [1.165, 1.54) is 5.56 Å². The molecule has 0 saturated heterocycles. The highest BCUT2D eigenvalue weighted by Gasteiger charge is 2.15. The molecule has 0 bridgehead atoms. The van der Waals surface area contributed by atoms with Crippen molar-refractivity contribution in [2.75, 3.05) is 0 Å². The Balaban J connectivity index is 2.07. The summed E-state index contributed by atoms with van der Waals surface area (Å²) in [6.07, 6.45) is 0. The first-order valence-corrected chi connectivity index (χ1v) is 6.21. The maximum Gasteiger partial charge on any atom is 0.191 e. The number of H-pyrrole nitrogens is 1. The predicted molar refractivity (Wildman–Crippen MR) is 68.3 cm³/mol. The van der Waals surface area contributed by atoms with Crippen molar-refractivity contribution >= 4 is 15.9 Å². The molecule has 1 aromatic heterocycles. The number of rotatable bonds is 4. The molecule has 0 aliphatic rings. The molecule has 5 nitrogen and oxygen atoms in total. The second-order valence-corrected chi connectivity index (χ2v) is 4.76. The number of aromatic amines is 1. The van der Waals surface area contributed by atoms with Gasteiger partial charge >= 0.3 is 0 Å². The van der Waals surface area contributed by atoms with Crippen molar-refractivity contribution < 1.29 is 0 Å². The predicted octanol–water partition coefficient (Wildman–Crippen LogP) is 2.37. The first-order valence-electron chi connectivity index (χ1n) is 5.42. The highest BCUT2D eigenvalue weighted by Crippen LogP contribution is 2.24. The third-order valence-electron chi connectivity index (χ3n) is 2.62. The molecule has 2 N–H and O–H groups in total. The van der Waals surface area contributed by atoms with Gasteiger partial charge < -0.3 is 5.32 Å². The van der Waals surface area contributed by atoms with Crippen molar-refractivity contribution in [3.05, 3.63) is 40.1 Å². The summed E-state index contributed by atoms with van der Waals surface area (Å²) >= 11 is 3.55. The van der Waals surface area contributed by atoms with Gasteiger partial charge in [0.25, 0.3) is 0 Å². The third-order valence-corrected chi connectivity index (χ3v) is 3.34. The molecule has 17 heavy (non-hydrogen) atoms. The molecule has 0 saturated carbocycles. The van der Waals surface area contributed by atoms with E-state index in [-0.39, 0.29) is 12.1 Å². The largest absolute Gasteiger partial charge is 0.301 e. The monoisotopic (exact) mass is 295 g/mol. The van der Waals surface area contributed by atoms with Gasteiger partial charge in [0.1, 0.15) is 0 Å². The molecule has 0 amide bonds. The van der Waals surface area contributed by atoms with Gasteiger partial charge in [0.15, 0.2) is 5.82 Å². The Kier molecular flexibility index (Phi) is 3.86. The number of nitrogens with zero attached hydrogens (tertiary/aromatic N) is 3. The van der Waals surface area contributed by atoms with Crippen LogP contribution in [0.5, 0.6) is 0 Å². The van der Waals surface area contributed by atoms with Gasteiger partial charge in [-0.2, -0.15) is 5.21 Å². The number of hydrogen-bond donors (Lipinski definition) is 2. The number of tetrazole rings is 1. The molecule has 0 aliphatic carbocycles. The Labute approximate surface area is 108 Å². The molecule has 0 aliphatic heterocycles. The van der Waals surface area contributed by atoms with Crippen LogP contribution < -0.4 is 5.32 Å². The van der Waals surface area contributed by atoms with Crippen LogP contribution in [0.25, 0.3) is 0 Å². The quantitative estimate of drug-likeness (QED) is 0.909. The van der Waals surface area contributed by atoms with Crippen molar-refractivity contribution in [1.82, 2.24) is 25.9 Å². The summed E-state index contributed by atoms with van der Waals surface area (Å²) in [6.45, 7) is 4.12. The van der Waals surface area contributed by atoms with Crippen LogP contribution >= 0.6 is 15.9 Å². The van der Waals surface area contributed by atoms with Gasteiger partial charge in [0.2, 0.25) is 0 Å². The molecular weight excluding hydrogens is 282 g/mol. The number of hydrogen-bond acceptors (Lipinski definition) is 4. The fourth-order valence-electron chi connectivity index (χ4n) is 1.72. The lowest BCUT2D eigenvalue weighted by molar-refractivity contribution is 0.476. The SMILES string of the molecule is CC(NC(C)c1ccccc1Br)c1nn[nH]n1. The molecule has 2 rings (SSSR count). The fraction of sp³-hybridized carbons (Fsp3) is 0.364. The summed E-state index contributed by atoms with van der Waals surface area (Å²) < 4.78 is 1.10. The normalized spacial score (nSPS) is 14.5. The Bertz CT molecular complexity index is 470. The first kappa shape index (κ1) is 12.2. The van der Waals surface area contributed by atoms with E-state index in [0.717, 1.165) is 4.47 Å². The zero-order valence-corrected chi connectivity index (χ0v) is 11.3. The van der Waals surface area contributed by atoms with Crippen LogP contribution in [0.4, 0.5) is 0 Å². The molecule has 2 atom stereocenters. The smallest absolute Gasteiger partial charge is 0.191 e. The molecular formula is C11H14BrN5. The van der Waals surface area contributed by atoms with Crippen LogP contribution in [0.3, 0.4) is 0 Å². The molecule has 90 valence electrons. The minimum Gasteiger partial charge on any atom is -0.301 e. The van der Waals surface area contributed by atoms with Crippen LogP contribution in [0.15, 0.2) is 28.7 Å². The molecule has 0 fully saturated rings. The van der Waals surface area contributed by atoms with Gasteiger partial charge in [-0.1, -0.05) is 39.3 Å². The number of aromatic nitrogens is 4. The number of halogens is 1. The Morgan fingerprint density at radius 2 is 2.00 bits per heavy atom. The van der Waals surface area contributed by atoms with E-state index >= 15 is 0 Å². The van der Waals surface area contributed by atoms with Crippen molar-refractivity contribution in [3.8, 4) is 0 Å². The lowest BCUT2D eigenvalue weighted by Crippen LogP contribution is -2.23. The zero-order valence-electron chi connectivity index (χ0n) is 9.68. The molecule has 1 heterocycles. The summed E-state index contributed by atoms with van der Waals surface area (Å²) in [5.41, 5.74) is 1.21. The minimum atomic E-state index is 0.0517. The molecule has 2 unspecified atom stereocenters. The van der Waals surface area contributed by atoms with Crippen LogP contribution in [0, 0.1) is 0 Å². The average Bonchev–Trinajstić information content (AvgIpc) is 2.82. The maximum absolute atomic E-state index is 3.96. The van der Waals surface area contributed by atoms with Gasteiger partial charge in [-0.15, -0.1) is 10.2 Å². The van der Waals surface area contributed by atoms with E-state index in [1.54, 1.807) is 0 Å². The minimum absolute atomic E-state index is 0.0517. The molecule has 0 radical (unpaired) electrons. The molecule has 1 aromatic carbocycles. The van der Waals surface area contributed by atoms with Crippen LogP contribution in [0.2, 0.25) is 0 Å².